The van der Waals surface area contributed by atoms with Crippen LogP contribution in [0.4, 0.5) is 5.69 Å². The van der Waals surface area contributed by atoms with Crippen LogP contribution in [0, 0.1) is 0 Å². The fourth-order valence-corrected chi connectivity index (χ4v) is 2.21. The van der Waals surface area contributed by atoms with Crippen molar-refractivity contribution >= 4 is 29.4 Å². The number of anilines is 1. The Morgan fingerprint density at radius 1 is 1.41 bits per heavy atom. The van der Waals surface area contributed by atoms with Crippen molar-refractivity contribution in [2.75, 3.05) is 17.7 Å². The maximum absolute atomic E-state index is 12.5. The SMILES string of the molecule is CCSNC(=O)c1ncc(C(=O)N(C)c2cccnc2)n1C. The Labute approximate surface area is 132 Å². The number of aromatic nitrogens is 3. The van der Waals surface area contributed by atoms with E-state index >= 15 is 0 Å². The van der Waals surface area contributed by atoms with Crippen molar-refractivity contribution in [1.82, 2.24) is 19.3 Å². The summed E-state index contributed by atoms with van der Waals surface area (Å²) in [6, 6.07) is 3.54. The molecule has 0 unspecified atom stereocenters. The minimum absolute atomic E-state index is 0.198. The molecule has 0 bridgehead atoms. The van der Waals surface area contributed by atoms with Crippen molar-refractivity contribution in [3.63, 3.8) is 0 Å². The molecule has 0 aromatic carbocycles. The molecule has 22 heavy (non-hydrogen) atoms. The van der Waals surface area contributed by atoms with E-state index in [0.29, 0.717) is 11.4 Å². The predicted molar refractivity (Wildman–Crippen MR) is 85.8 cm³/mol. The van der Waals surface area contributed by atoms with Gasteiger partial charge in [-0.3, -0.25) is 19.3 Å². The van der Waals surface area contributed by atoms with E-state index in [-0.39, 0.29) is 17.6 Å². The second-order valence-electron chi connectivity index (χ2n) is 4.47. The molecule has 8 heteroatoms. The molecule has 0 aliphatic carbocycles. The fraction of sp³-hybridized carbons (Fsp3) is 0.286. The first-order chi connectivity index (χ1) is 10.6. The first-order valence-corrected chi connectivity index (χ1v) is 7.66. The van der Waals surface area contributed by atoms with Crippen LogP contribution in [0.2, 0.25) is 0 Å². The van der Waals surface area contributed by atoms with Crippen molar-refractivity contribution < 1.29 is 9.59 Å². The smallest absolute Gasteiger partial charge is 0.297 e. The van der Waals surface area contributed by atoms with Crippen LogP contribution in [-0.2, 0) is 7.05 Å². The summed E-state index contributed by atoms with van der Waals surface area (Å²) in [5, 5.41) is 0. The van der Waals surface area contributed by atoms with Gasteiger partial charge in [-0.25, -0.2) is 4.98 Å². The number of carbonyl (C=O) groups excluding carboxylic acids is 2. The largest absolute Gasteiger partial charge is 0.319 e. The molecule has 2 aromatic heterocycles. The predicted octanol–water partition coefficient (Wildman–Crippen LogP) is 1.49. The minimum Gasteiger partial charge on any atom is -0.319 e. The van der Waals surface area contributed by atoms with Crippen LogP contribution >= 0.6 is 11.9 Å². The number of nitrogens with one attached hydrogen (secondary N) is 1. The van der Waals surface area contributed by atoms with Crippen LogP contribution in [0.3, 0.4) is 0 Å². The molecule has 0 aliphatic rings. The Hall–Kier alpha value is -2.35. The van der Waals surface area contributed by atoms with Crippen molar-refractivity contribution in [2.45, 2.75) is 6.92 Å². The van der Waals surface area contributed by atoms with E-state index in [1.54, 1.807) is 38.6 Å². The molecule has 2 aromatic rings. The van der Waals surface area contributed by atoms with Gasteiger partial charge in [0.15, 0.2) is 5.82 Å². The molecule has 0 aliphatic heterocycles. The zero-order valence-corrected chi connectivity index (χ0v) is 13.4. The maximum atomic E-state index is 12.5. The summed E-state index contributed by atoms with van der Waals surface area (Å²) in [6.07, 6.45) is 4.64. The van der Waals surface area contributed by atoms with Gasteiger partial charge in [0.1, 0.15) is 5.69 Å². The van der Waals surface area contributed by atoms with E-state index in [1.807, 2.05) is 6.92 Å². The number of hydrogen-bond acceptors (Lipinski definition) is 5. The van der Waals surface area contributed by atoms with Crippen LogP contribution < -0.4 is 9.62 Å². The molecule has 0 fully saturated rings. The highest BCUT2D eigenvalue weighted by Gasteiger charge is 2.22. The standard InChI is InChI=1S/C14H17N5O2S/c1-4-22-17-13(20)12-16-9-11(19(12)3)14(21)18(2)10-6-5-7-15-8-10/h5-9H,4H2,1-3H3,(H,17,20). The minimum atomic E-state index is -0.322. The van der Waals surface area contributed by atoms with Crippen molar-refractivity contribution in [1.29, 1.82) is 0 Å². The third-order valence-corrected chi connectivity index (χ3v) is 3.68. The first-order valence-electron chi connectivity index (χ1n) is 6.68. The molecule has 1 N–H and O–H groups in total. The summed E-state index contributed by atoms with van der Waals surface area (Å²) in [7, 11) is 3.29. The zero-order valence-electron chi connectivity index (χ0n) is 12.6. The quantitative estimate of drug-likeness (QED) is 0.845. The Bertz CT molecular complexity index is 671. The molecule has 0 saturated carbocycles. The average Bonchev–Trinajstić information content (AvgIpc) is 2.93. The Balaban J connectivity index is 2.21. The lowest BCUT2D eigenvalue weighted by Crippen LogP contribution is -2.29. The van der Waals surface area contributed by atoms with E-state index in [2.05, 4.69) is 14.7 Å². The molecular weight excluding hydrogens is 302 g/mol. The number of imidazole rings is 1. The van der Waals surface area contributed by atoms with Crippen LogP contribution in [0.1, 0.15) is 28.0 Å². The highest BCUT2D eigenvalue weighted by molar-refractivity contribution is 7.97. The molecule has 0 radical (unpaired) electrons. The van der Waals surface area contributed by atoms with Crippen LogP contribution in [0.5, 0.6) is 0 Å². The first kappa shape index (κ1) is 16.0. The van der Waals surface area contributed by atoms with Gasteiger partial charge < -0.3 is 9.47 Å². The Morgan fingerprint density at radius 3 is 2.82 bits per heavy atom. The normalized spacial score (nSPS) is 10.3. The lowest BCUT2D eigenvalue weighted by molar-refractivity contribution is 0.0970. The fourth-order valence-electron chi connectivity index (χ4n) is 1.84. The second-order valence-corrected chi connectivity index (χ2v) is 5.54. The summed E-state index contributed by atoms with van der Waals surface area (Å²) < 4.78 is 4.15. The molecule has 2 amide bonds. The summed E-state index contributed by atoms with van der Waals surface area (Å²) in [4.78, 5) is 34.0. The lowest BCUT2D eigenvalue weighted by Gasteiger charge is -2.16. The average molecular weight is 319 g/mol. The number of pyridine rings is 1. The van der Waals surface area contributed by atoms with Gasteiger partial charge in [0.25, 0.3) is 11.8 Å². The highest BCUT2D eigenvalue weighted by atomic mass is 32.2. The van der Waals surface area contributed by atoms with Gasteiger partial charge in [0, 0.05) is 26.0 Å². The van der Waals surface area contributed by atoms with E-state index < -0.39 is 0 Å². The van der Waals surface area contributed by atoms with Gasteiger partial charge in [0.2, 0.25) is 0 Å². The molecule has 2 rings (SSSR count). The van der Waals surface area contributed by atoms with E-state index in [1.165, 1.54) is 27.6 Å². The topological polar surface area (TPSA) is 80.1 Å². The third-order valence-electron chi connectivity index (χ3n) is 3.06. The van der Waals surface area contributed by atoms with Crippen molar-refractivity contribution in [3.05, 3.63) is 42.2 Å². The maximum Gasteiger partial charge on any atom is 0.297 e. The molecule has 2 heterocycles. The Morgan fingerprint density at radius 2 is 2.18 bits per heavy atom. The number of hydrogen-bond donors (Lipinski definition) is 1. The van der Waals surface area contributed by atoms with Gasteiger partial charge in [0.05, 0.1) is 18.1 Å². The monoisotopic (exact) mass is 319 g/mol. The number of nitrogens with zero attached hydrogens (tertiary/aromatic N) is 4. The van der Waals surface area contributed by atoms with Gasteiger partial charge >= 0.3 is 0 Å². The number of rotatable bonds is 5. The van der Waals surface area contributed by atoms with Crippen molar-refractivity contribution in [2.24, 2.45) is 7.05 Å². The van der Waals surface area contributed by atoms with Crippen molar-refractivity contribution in [3.8, 4) is 0 Å². The molecule has 116 valence electrons. The third kappa shape index (κ3) is 3.28. The second kappa shape index (κ2) is 7.08. The van der Waals surface area contributed by atoms with E-state index in [4.69, 9.17) is 0 Å². The summed E-state index contributed by atoms with van der Waals surface area (Å²) in [5.74, 6) is 0.373. The summed E-state index contributed by atoms with van der Waals surface area (Å²) in [6.45, 7) is 1.93. The molecule has 0 atom stereocenters. The van der Waals surface area contributed by atoms with Crippen LogP contribution in [0.15, 0.2) is 30.7 Å². The van der Waals surface area contributed by atoms with Crippen LogP contribution in [0.25, 0.3) is 0 Å². The summed E-state index contributed by atoms with van der Waals surface area (Å²) >= 11 is 1.28. The van der Waals surface area contributed by atoms with E-state index in [0.717, 1.165) is 5.75 Å². The van der Waals surface area contributed by atoms with Gasteiger partial charge in [-0.05, 0) is 12.1 Å². The molecule has 0 saturated heterocycles. The number of carbonyl (C=O) groups is 2. The summed E-state index contributed by atoms with van der Waals surface area (Å²) in [5.41, 5.74) is 0.999. The van der Waals surface area contributed by atoms with Crippen LogP contribution in [-0.4, -0.2) is 39.1 Å². The highest BCUT2D eigenvalue weighted by Crippen LogP contribution is 2.14. The Kier molecular flexibility index (Phi) is 5.16. The van der Waals surface area contributed by atoms with Gasteiger partial charge in [-0.1, -0.05) is 18.9 Å². The van der Waals surface area contributed by atoms with Gasteiger partial charge in [-0.2, -0.15) is 0 Å². The molecule has 0 spiro atoms. The van der Waals surface area contributed by atoms with E-state index in [9.17, 15) is 9.59 Å². The zero-order chi connectivity index (χ0) is 16.1. The molecular formula is C14H17N5O2S. The number of amides is 2. The molecule has 7 nitrogen and oxygen atoms in total. The lowest BCUT2D eigenvalue weighted by atomic mass is 10.3. The van der Waals surface area contributed by atoms with Gasteiger partial charge in [-0.15, -0.1) is 0 Å².